The number of methoxy groups -OCH3 is 3. The van der Waals surface area contributed by atoms with Gasteiger partial charge in [0.15, 0.2) is 11.5 Å². The van der Waals surface area contributed by atoms with Gasteiger partial charge in [-0.1, -0.05) is 0 Å². The van der Waals surface area contributed by atoms with E-state index >= 15 is 0 Å². The molecular formula is C16H20N2O4S. The summed E-state index contributed by atoms with van der Waals surface area (Å²) in [4.78, 5) is 13.1. The maximum absolute atomic E-state index is 12.5. The molecule has 0 saturated heterocycles. The first-order chi connectivity index (χ1) is 10.9. The second kappa shape index (κ2) is 6.78. The Hall–Kier alpha value is -2.41. The maximum Gasteiger partial charge on any atom is 0.266 e. The third kappa shape index (κ3) is 3.19. The van der Waals surface area contributed by atoms with Crippen molar-refractivity contribution in [2.45, 2.75) is 13.8 Å². The second-order valence-corrected chi connectivity index (χ2v) is 5.97. The minimum atomic E-state index is -0.221. The van der Waals surface area contributed by atoms with Crippen molar-refractivity contribution in [3.8, 4) is 17.2 Å². The van der Waals surface area contributed by atoms with E-state index in [1.165, 1.54) is 32.7 Å². The highest BCUT2D eigenvalue weighted by atomic mass is 32.1. The zero-order valence-corrected chi connectivity index (χ0v) is 14.6. The summed E-state index contributed by atoms with van der Waals surface area (Å²) in [6.45, 7) is 3.78. The highest BCUT2D eigenvalue weighted by molar-refractivity contribution is 7.18. The summed E-state index contributed by atoms with van der Waals surface area (Å²) in [6, 6.07) is 3.36. The normalized spacial score (nSPS) is 10.3. The lowest BCUT2D eigenvalue weighted by atomic mass is 10.1. The number of amides is 1. The largest absolute Gasteiger partial charge is 0.493 e. The number of nitrogen functional groups attached to an aromatic ring is 1. The number of hydrogen-bond acceptors (Lipinski definition) is 6. The molecule has 0 aliphatic rings. The molecule has 3 N–H and O–H groups in total. The van der Waals surface area contributed by atoms with E-state index in [1.54, 1.807) is 12.1 Å². The molecule has 7 heteroatoms. The van der Waals surface area contributed by atoms with Gasteiger partial charge >= 0.3 is 0 Å². The molecule has 0 bridgehead atoms. The van der Waals surface area contributed by atoms with Gasteiger partial charge in [-0.05, 0) is 25.0 Å². The fourth-order valence-electron chi connectivity index (χ4n) is 2.18. The molecule has 0 aliphatic heterocycles. The Kier molecular flexibility index (Phi) is 5.00. The van der Waals surface area contributed by atoms with Crippen LogP contribution in [0.1, 0.15) is 20.8 Å². The molecule has 6 nitrogen and oxygen atoms in total. The molecular weight excluding hydrogens is 316 g/mol. The molecule has 124 valence electrons. The van der Waals surface area contributed by atoms with Crippen LogP contribution in [0, 0.1) is 13.8 Å². The number of thiophene rings is 1. The molecule has 1 heterocycles. The molecule has 0 spiro atoms. The maximum atomic E-state index is 12.5. The van der Waals surface area contributed by atoms with Crippen LogP contribution >= 0.6 is 11.3 Å². The van der Waals surface area contributed by atoms with Gasteiger partial charge in [-0.2, -0.15) is 0 Å². The summed E-state index contributed by atoms with van der Waals surface area (Å²) in [6.07, 6.45) is 0. The molecule has 2 aromatic rings. The molecule has 2 rings (SSSR count). The first-order valence-electron chi connectivity index (χ1n) is 6.89. The van der Waals surface area contributed by atoms with Gasteiger partial charge in [0.2, 0.25) is 5.75 Å². The number of nitrogens with one attached hydrogen (secondary N) is 1. The molecule has 0 unspecified atom stereocenters. The van der Waals surface area contributed by atoms with E-state index in [1.807, 2.05) is 13.8 Å². The highest BCUT2D eigenvalue weighted by Gasteiger charge is 2.19. The average Bonchev–Trinajstić information content (AvgIpc) is 2.81. The lowest BCUT2D eigenvalue weighted by Crippen LogP contribution is -2.12. The fraction of sp³-hybridized carbons (Fsp3) is 0.312. The van der Waals surface area contributed by atoms with Gasteiger partial charge < -0.3 is 25.3 Å². The first-order valence-corrected chi connectivity index (χ1v) is 7.71. The number of rotatable bonds is 5. The highest BCUT2D eigenvalue weighted by Crippen LogP contribution is 2.40. The molecule has 0 aliphatic carbocycles. The molecule has 1 aromatic carbocycles. The zero-order valence-electron chi connectivity index (χ0n) is 13.8. The van der Waals surface area contributed by atoms with Crippen molar-refractivity contribution < 1.29 is 19.0 Å². The fourth-order valence-corrected chi connectivity index (χ4v) is 3.15. The summed E-state index contributed by atoms with van der Waals surface area (Å²) in [5.41, 5.74) is 8.26. The topological polar surface area (TPSA) is 82.8 Å². The van der Waals surface area contributed by atoms with Crippen LogP contribution in [-0.4, -0.2) is 27.2 Å². The van der Waals surface area contributed by atoms with Crippen LogP contribution < -0.4 is 25.3 Å². The number of anilines is 2. The lowest BCUT2D eigenvalue weighted by molar-refractivity contribution is 0.103. The SMILES string of the molecule is COc1cc(NC(=O)c2sc(N)c(C)c2C)cc(OC)c1OC. The van der Waals surface area contributed by atoms with Gasteiger partial charge in [-0.25, -0.2) is 0 Å². The number of hydrogen-bond donors (Lipinski definition) is 2. The smallest absolute Gasteiger partial charge is 0.266 e. The molecule has 0 radical (unpaired) electrons. The number of ether oxygens (including phenoxy) is 3. The van der Waals surface area contributed by atoms with Crippen LogP contribution in [-0.2, 0) is 0 Å². The number of carbonyl (C=O) groups excluding carboxylic acids is 1. The van der Waals surface area contributed by atoms with E-state index in [0.29, 0.717) is 32.8 Å². The van der Waals surface area contributed by atoms with Crippen molar-refractivity contribution in [1.29, 1.82) is 0 Å². The Morgan fingerprint density at radius 3 is 2.00 bits per heavy atom. The van der Waals surface area contributed by atoms with E-state index in [9.17, 15) is 4.79 Å². The Bertz CT molecular complexity index is 715. The third-order valence-corrected chi connectivity index (χ3v) is 4.84. The van der Waals surface area contributed by atoms with Crippen molar-refractivity contribution in [2.24, 2.45) is 0 Å². The van der Waals surface area contributed by atoms with E-state index in [0.717, 1.165) is 11.1 Å². The van der Waals surface area contributed by atoms with Crippen molar-refractivity contribution >= 4 is 27.9 Å². The summed E-state index contributed by atoms with van der Waals surface area (Å²) >= 11 is 1.27. The molecule has 0 saturated carbocycles. The monoisotopic (exact) mass is 336 g/mol. The Labute approximate surface area is 139 Å². The van der Waals surface area contributed by atoms with Gasteiger partial charge in [-0.15, -0.1) is 11.3 Å². The van der Waals surface area contributed by atoms with Crippen molar-refractivity contribution in [2.75, 3.05) is 32.4 Å². The summed E-state index contributed by atoms with van der Waals surface area (Å²) in [7, 11) is 4.58. The van der Waals surface area contributed by atoms with E-state index in [-0.39, 0.29) is 5.91 Å². The summed E-state index contributed by atoms with van der Waals surface area (Å²) in [5.74, 6) is 1.20. The van der Waals surface area contributed by atoms with Gasteiger partial charge in [0, 0.05) is 17.8 Å². The van der Waals surface area contributed by atoms with Crippen molar-refractivity contribution in [3.05, 3.63) is 28.1 Å². The van der Waals surface area contributed by atoms with Crippen LogP contribution in [0.2, 0.25) is 0 Å². The van der Waals surface area contributed by atoms with Gasteiger partial charge in [-0.3, -0.25) is 4.79 Å². The number of benzene rings is 1. The van der Waals surface area contributed by atoms with Gasteiger partial charge in [0.1, 0.15) is 0 Å². The number of carbonyl (C=O) groups is 1. The van der Waals surface area contributed by atoms with Gasteiger partial charge in [0.05, 0.1) is 31.2 Å². The molecule has 1 amide bonds. The van der Waals surface area contributed by atoms with Crippen LogP contribution in [0.5, 0.6) is 17.2 Å². The van der Waals surface area contributed by atoms with Crippen LogP contribution in [0.15, 0.2) is 12.1 Å². The number of nitrogens with two attached hydrogens (primary N) is 1. The van der Waals surface area contributed by atoms with Crippen LogP contribution in [0.25, 0.3) is 0 Å². The van der Waals surface area contributed by atoms with E-state index in [4.69, 9.17) is 19.9 Å². The average molecular weight is 336 g/mol. The first kappa shape index (κ1) is 17.0. The Balaban J connectivity index is 2.36. The zero-order chi connectivity index (χ0) is 17.1. The Morgan fingerprint density at radius 2 is 1.61 bits per heavy atom. The minimum absolute atomic E-state index is 0.221. The van der Waals surface area contributed by atoms with Crippen LogP contribution in [0.3, 0.4) is 0 Å². The van der Waals surface area contributed by atoms with Crippen molar-refractivity contribution in [3.63, 3.8) is 0 Å². The minimum Gasteiger partial charge on any atom is -0.493 e. The van der Waals surface area contributed by atoms with E-state index in [2.05, 4.69) is 5.32 Å². The lowest BCUT2D eigenvalue weighted by Gasteiger charge is -2.14. The molecule has 1 aromatic heterocycles. The Morgan fingerprint density at radius 1 is 1.04 bits per heavy atom. The van der Waals surface area contributed by atoms with Crippen LogP contribution in [0.4, 0.5) is 10.7 Å². The third-order valence-electron chi connectivity index (χ3n) is 3.61. The summed E-state index contributed by atoms with van der Waals surface area (Å²) in [5, 5.41) is 3.49. The molecule has 0 fully saturated rings. The quantitative estimate of drug-likeness (QED) is 0.876. The standard InChI is InChI=1S/C16H20N2O4S/c1-8-9(2)15(17)23-14(8)16(19)18-10-6-11(20-3)13(22-5)12(7-10)21-4/h6-7H,17H2,1-5H3,(H,18,19). The van der Waals surface area contributed by atoms with E-state index < -0.39 is 0 Å². The molecule has 0 atom stereocenters. The summed E-state index contributed by atoms with van der Waals surface area (Å²) < 4.78 is 15.8. The van der Waals surface area contributed by atoms with Crippen molar-refractivity contribution in [1.82, 2.24) is 0 Å². The second-order valence-electron chi connectivity index (χ2n) is 4.91. The predicted molar refractivity (Wildman–Crippen MR) is 92.3 cm³/mol. The predicted octanol–water partition coefficient (Wildman–Crippen LogP) is 3.23. The molecule has 23 heavy (non-hydrogen) atoms. The van der Waals surface area contributed by atoms with Gasteiger partial charge in [0.25, 0.3) is 5.91 Å².